The molecule has 0 amide bonds. The molecule has 0 spiro atoms. The molecular weight excluding hydrogens is 454 g/mol. The lowest BCUT2D eigenvalue weighted by atomic mass is 10.1. The van der Waals surface area contributed by atoms with E-state index in [1.165, 1.54) is 5.56 Å². The number of nitrogens with zero attached hydrogens (tertiary/aromatic N) is 5. The molecule has 8 heteroatoms. The summed E-state index contributed by atoms with van der Waals surface area (Å²) in [6.07, 6.45) is 4.74. The fraction of sp³-hybridized carbons (Fsp3) is 0.160. The number of benzene rings is 2. The van der Waals surface area contributed by atoms with E-state index in [4.69, 9.17) is 21.3 Å². The molecule has 0 unspecified atom stereocenters. The van der Waals surface area contributed by atoms with Crippen molar-refractivity contribution >= 4 is 29.0 Å². The fourth-order valence-corrected chi connectivity index (χ4v) is 4.75. The van der Waals surface area contributed by atoms with Crippen molar-refractivity contribution in [1.29, 1.82) is 0 Å². The SMILES string of the molecule is COc1ccccc1-c1nnc(SCc2cn3cc(Cl)ccc3n2)n1CCc1ccccc1. The molecule has 5 aromatic rings. The number of aryl methyl sites for hydroxylation is 1. The number of pyridine rings is 1. The minimum Gasteiger partial charge on any atom is -0.496 e. The van der Waals surface area contributed by atoms with Crippen LogP contribution in [0.15, 0.2) is 84.3 Å². The first-order valence-corrected chi connectivity index (χ1v) is 11.9. The van der Waals surface area contributed by atoms with Gasteiger partial charge in [0, 0.05) is 24.7 Å². The molecule has 0 saturated heterocycles. The average molecular weight is 476 g/mol. The van der Waals surface area contributed by atoms with Crippen LogP contribution in [0.1, 0.15) is 11.3 Å². The zero-order valence-electron chi connectivity index (χ0n) is 18.1. The number of para-hydroxylation sites is 1. The van der Waals surface area contributed by atoms with Gasteiger partial charge in [-0.25, -0.2) is 4.98 Å². The van der Waals surface area contributed by atoms with Crippen molar-refractivity contribution in [2.45, 2.75) is 23.9 Å². The van der Waals surface area contributed by atoms with Crippen LogP contribution >= 0.6 is 23.4 Å². The monoisotopic (exact) mass is 475 g/mol. The molecule has 0 atom stereocenters. The number of rotatable bonds is 8. The Labute approximate surface area is 201 Å². The van der Waals surface area contributed by atoms with Gasteiger partial charge in [-0.15, -0.1) is 10.2 Å². The van der Waals surface area contributed by atoms with Crippen LogP contribution in [0.5, 0.6) is 5.75 Å². The Morgan fingerprint density at radius 3 is 2.61 bits per heavy atom. The van der Waals surface area contributed by atoms with Crippen molar-refractivity contribution in [2.75, 3.05) is 7.11 Å². The number of imidazole rings is 1. The third-order valence-corrected chi connectivity index (χ3v) is 6.57. The molecule has 2 aromatic carbocycles. The van der Waals surface area contributed by atoms with Gasteiger partial charge in [-0.2, -0.15) is 0 Å². The maximum atomic E-state index is 6.11. The topological polar surface area (TPSA) is 57.2 Å². The third-order valence-electron chi connectivity index (χ3n) is 5.35. The summed E-state index contributed by atoms with van der Waals surface area (Å²) in [6, 6.07) is 22.1. The molecule has 166 valence electrons. The Balaban J connectivity index is 1.44. The summed E-state index contributed by atoms with van der Waals surface area (Å²) in [5, 5.41) is 10.6. The predicted octanol–water partition coefficient (Wildman–Crippen LogP) is 5.79. The van der Waals surface area contributed by atoms with Gasteiger partial charge in [-0.1, -0.05) is 65.8 Å². The molecule has 0 aliphatic rings. The van der Waals surface area contributed by atoms with Gasteiger partial charge in [0.1, 0.15) is 11.4 Å². The van der Waals surface area contributed by atoms with Gasteiger partial charge in [0.15, 0.2) is 11.0 Å². The Morgan fingerprint density at radius 1 is 0.939 bits per heavy atom. The molecule has 0 fully saturated rings. The van der Waals surface area contributed by atoms with E-state index in [0.717, 1.165) is 46.6 Å². The smallest absolute Gasteiger partial charge is 0.191 e. The highest BCUT2D eigenvalue weighted by Crippen LogP contribution is 2.32. The van der Waals surface area contributed by atoms with Gasteiger partial charge >= 0.3 is 0 Å². The molecule has 3 aromatic heterocycles. The number of ether oxygens (including phenoxy) is 1. The maximum Gasteiger partial charge on any atom is 0.191 e. The van der Waals surface area contributed by atoms with Crippen LogP contribution in [0.3, 0.4) is 0 Å². The van der Waals surface area contributed by atoms with Crippen molar-refractivity contribution in [3.63, 3.8) is 0 Å². The molecule has 0 aliphatic heterocycles. The van der Waals surface area contributed by atoms with E-state index in [9.17, 15) is 0 Å². The molecule has 0 N–H and O–H groups in total. The molecule has 33 heavy (non-hydrogen) atoms. The maximum absolute atomic E-state index is 6.11. The summed E-state index contributed by atoms with van der Waals surface area (Å²) in [5.41, 5.74) is 4.02. The van der Waals surface area contributed by atoms with Crippen LogP contribution in [0.4, 0.5) is 0 Å². The largest absolute Gasteiger partial charge is 0.496 e. The number of fused-ring (bicyclic) bond motifs is 1. The van der Waals surface area contributed by atoms with Crippen LogP contribution in [-0.4, -0.2) is 31.3 Å². The lowest BCUT2D eigenvalue weighted by Gasteiger charge is -2.12. The number of thioether (sulfide) groups is 1. The molecule has 5 rings (SSSR count). The predicted molar refractivity (Wildman–Crippen MR) is 132 cm³/mol. The van der Waals surface area contributed by atoms with Gasteiger partial charge in [-0.05, 0) is 36.2 Å². The Morgan fingerprint density at radius 2 is 1.76 bits per heavy atom. The van der Waals surface area contributed by atoms with Crippen molar-refractivity contribution in [1.82, 2.24) is 24.1 Å². The summed E-state index contributed by atoms with van der Waals surface area (Å²) in [7, 11) is 1.68. The second-order valence-corrected chi connectivity index (χ2v) is 8.91. The normalized spacial score (nSPS) is 11.2. The minimum absolute atomic E-state index is 0.675. The number of methoxy groups -OCH3 is 1. The van der Waals surface area contributed by atoms with E-state index >= 15 is 0 Å². The first-order chi connectivity index (χ1) is 16.2. The average Bonchev–Trinajstić information content (AvgIpc) is 3.45. The van der Waals surface area contributed by atoms with Gasteiger partial charge in [0.05, 0.1) is 23.4 Å². The van der Waals surface area contributed by atoms with Crippen LogP contribution in [0.25, 0.3) is 17.0 Å². The van der Waals surface area contributed by atoms with Gasteiger partial charge in [0.25, 0.3) is 0 Å². The first-order valence-electron chi connectivity index (χ1n) is 10.6. The quantitative estimate of drug-likeness (QED) is 0.266. The molecule has 3 heterocycles. The van der Waals surface area contributed by atoms with Crippen LogP contribution in [0, 0.1) is 0 Å². The Hall–Kier alpha value is -3.29. The highest BCUT2D eigenvalue weighted by atomic mass is 35.5. The summed E-state index contributed by atoms with van der Waals surface area (Å²) < 4.78 is 9.70. The highest BCUT2D eigenvalue weighted by Gasteiger charge is 2.18. The lowest BCUT2D eigenvalue weighted by molar-refractivity contribution is 0.415. The van der Waals surface area contributed by atoms with E-state index in [1.54, 1.807) is 18.9 Å². The molecule has 0 radical (unpaired) electrons. The number of aromatic nitrogens is 5. The van der Waals surface area contributed by atoms with Crippen LogP contribution in [0.2, 0.25) is 5.02 Å². The minimum atomic E-state index is 0.675. The van der Waals surface area contributed by atoms with E-state index in [2.05, 4.69) is 39.0 Å². The highest BCUT2D eigenvalue weighted by molar-refractivity contribution is 7.98. The molecular formula is C25H22ClN5OS. The van der Waals surface area contributed by atoms with Gasteiger partial charge in [0.2, 0.25) is 0 Å². The summed E-state index contributed by atoms with van der Waals surface area (Å²) in [6.45, 7) is 0.757. The molecule has 0 bridgehead atoms. The Bertz CT molecular complexity index is 1380. The van der Waals surface area contributed by atoms with E-state index in [-0.39, 0.29) is 0 Å². The first kappa shape index (κ1) is 21.6. The van der Waals surface area contributed by atoms with E-state index < -0.39 is 0 Å². The summed E-state index contributed by atoms with van der Waals surface area (Å²) in [5.74, 6) is 2.25. The van der Waals surface area contributed by atoms with Crippen molar-refractivity contribution in [3.8, 4) is 17.1 Å². The number of halogens is 1. The lowest BCUT2D eigenvalue weighted by Crippen LogP contribution is -2.06. The summed E-state index contributed by atoms with van der Waals surface area (Å²) in [4.78, 5) is 4.69. The van der Waals surface area contributed by atoms with Crippen molar-refractivity contribution in [3.05, 3.63) is 95.4 Å². The molecule has 6 nitrogen and oxygen atoms in total. The molecule has 0 saturated carbocycles. The zero-order valence-corrected chi connectivity index (χ0v) is 19.6. The van der Waals surface area contributed by atoms with E-state index in [0.29, 0.717) is 10.8 Å². The van der Waals surface area contributed by atoms with Crippen LogP contribution < -0.4 is 4.74 Å². The van der Waals surface area contributed by atoms with E-state index in [1.807, 2.05) is 59.3 Å². The van der Waals surface area contributed by atoms with Gasteiger partial charge < -0.3 is 13.7 Å². The van der Waals surface area contributed by atoms with Crippen molar-refractivity contribution < 1.29 is 4.74 Å². The zero-order chi connectivity index (χ0) is 22.6. The second kappa shape index (κ2) is 9.68. The summed E-state index contributed by atoms with van der Waals surface area (Å²) >= 11 is 7.73. The Kier molecular flexibility index (Phi) is 6.32. The van der Waals surface area contributed by atoms with Crippen molar-refractivity contribution in [2.24, 2.45) is 0 Å². The second-order valence-electron chi connectivity index (χ2n) is 7.53. The van der Waals surface area contributed by atoms with Gasteiger partial charge in [-0.3, -0.25) is 0 Å². The fourth-order valence-electron chi connectivity index (χ4n) is 3.74. The number of hydrogen-bond acceptors (Lipinski definition) is 5. The third kappa shape index (κ3) is 4.74. The number of hydrogen-bond donors (Lipinski definition) is 0. The standard InChI is InChI=1S/C25H22ClN5OS/c1-32-22-10-6-5-9-21(22)24-28-29-25(31(24)14-13-18-7-3-2-4-8-18)33-17-20-16-30-15-19(26)11-12-23(30)27-20/h2-12,15-16H,13-14,17H2,1H3. The molecule has 0 aliphatic carbocycles. The van der Waals surface area contributed by atoms with Crippen LogP contribution in [-0.2, 0) is 18.7 Å².